The molecule has 1 aliphatic rings. The van der Waals surface area contributed by atoms with E-state index in [1.54, 1.807) is 11.8 Å². The number of hydrogen-bond donors (Lipinski definition) is 1. The molecule has 1 fully saturated rings. The van der Waals surface area contributed by atoms with Gasteiger partial charge in [0.15, 0.2) is 0 Å². The summed E-state index contributed by atoms with van der Waals surface area (Å²) < 4.78 is 0. The standard InChI is InChI=1S/C12H14N2S2/c1-15-12-4-2-3-11(10(12)7-13)14-9-5-6-16-8-9/h2-4,9,14H,5-6,8H2,1H3. The van der Waals surface area contributed by atoms with Crippen molar-refractivity contribution in [1.29, 1.82) is 5.26 Å². The van der Waals surface area contributed by atoms with Crippen LogP contribution >= 0.6 is 23.5 Å². The Hall–Kier alpha value is -0.790. The summed E-state index contributed by atoms with van der Waals surface area (Å²) in [6, 6.07) is 8.83. The van der Waals surface area contributed by atoms with E-state index in [0.29, 0.717) is 6.04 Å². The first-order chi connectivity index (χ1) is 7.85. The molecular weight excluding hydrogens is 236 g/mol. The van der Waals surface area contributed by atoms with Gasteiger partial charge in [-0.3, -0.25) is 0 Å². The summed E-state index contributed by atoms with van der Waals surface area (Å²) in [5.41, 5.74) is 1.77. The Morgan fingerprint density at radius 1 is 1.56 bits per heavy atom. The lowest BCUT2D eigenvalue weighted by atomic mass is 10.1. The van der Waals surface area contributed by atoms with Crippen LogP contribution in [0.3, 0.4) is 0 Å². The van der Waals surface area contributed by atoms with Crippen molar-refractivity contribution >= 4 is 29.2 Å². The van der Waals surface area contributed by atoms with Gasteiger partial charge in [-0.1, -0.05) is 6.07 Å². The SMILES string of the molecule is CSc1cccc(NC2CCSC2)c1C#N. The number of nitrogens with one attached hydrogen (secondary N) is 1. The lowest BCUT2D eigenvalue weighted by molar-refractivity contribution is 0.812. The summed E-state index contributed by atoms with van der Waals surface area (Å²) in [5, 5.41) is 12.7. The van der Waals surface area contributed by atoms with Crippen LogP contribution in [-0.2, 0) is 0 Å². The fourth-order valence-electron chi connectivity index (χ4n) is 1.81. The Kier molecular flexibility index (Phi) is 4.03. The van der Waals surface area contributed by atoms with E-state index in [0.717, 1.165) is 21.9 Å². The molecule has 1 atom stereocenters. The predicted octanol–water partition coefficient (Wildman–Crippen LogP) is 3.20. The highest BCUT2D eigenvalue weighted by atomic mass is 32.2. The number of rotatable bonds is 3. The summed E-state index contributed by atoms with van der Waals surface area (Å²) in [6.45, 7) is 0. The molecule has 0 amide bonds. The van der Waals surface area contributed by atoms with Gasteiger partial charge in [-0.05, 0) is 30.6 Å². The van der Waals surface area contributed by atoms with Crippen molar-refractivity contribution in [3.63, 3.8) is 0 Å². The highest BCUT2D eigenvalue weighted by molar-refractivity contribution is 7.99. The number of hydrogen-bond acceptors (Lipinski definition) is 4. The molecule has 1 heterocycles. The van der Waals surface area contributed by atoms with Gasteiger partial charge in [0.2, 0.25) is 0 Å². The Bertz CT molecular complexity index is 406. The van der Waals surface area contributed by atoms with Crippen molar-refractivity contribution < 1.29 is 0 Å². The Balaban J connectivity index is 2.22. The molecule has 2 rings (SSSR count). The molecule has 1 saturated heterocycles. The van der Waals surface area contributed by atoms with Crippen LogP contribution < -0.4 is 5.32 Å². The van der Waals surface area contributed by atoms with Crippen molar-refractivity contribution in [2.24, 2.45) is 0 Å². The maximum Gasteiger partial charge on any atom is 0.102 e. The predicted molar refractivity (Wildman–Crippen MR) is 72.3 cm³/mol. The second-order valence-electron chi connectivity index (χ2n) is 3.70. The molecule has 0 aliphatic carbocycles. The van der Waals surface area contributed by atoms with Crippen LogP contribution in [0.15, 0.2) is 23.1 Å². The van der Waals surface area contributed by atoms with Crippen molar-refractivity contribution in [2.45, 2.75) is 17.4 Å². The van der Waals surface area contributed by atoms with Gasteiger partial charge in [-0.25, -0.2) is 0 Å². The van der Waals surface area contributed by atoms with Crippen LogP contribution in [0.4, 0.5) is 5.69 Å². The smallest absolute Gasteiger partial charge is 0.102 e. The van der Waals surface area contributed by atoms with Crippen LogP contribution in [0, 0.1) is 11.3 Å². The first-order valence-electron chi connectivity index (χ1n) is 5.26. The van der Waals surface area contributed by atoms with Crippen LogP contribution in [0.1, 0.15) is 12.0 Å². The fourth-order valence-corrected chi connectivity index (χ4v) is 3.53. The molecule has 0 radical (unpaired) electrons. The van der Waals surface area contributed by atoms with Crippen molar-refractivity contribution in [2.75, 3.05) is 23.1 Å². The number of nitriles is 1. The molecule has 0 spiro atoms. The van der Waals surface area contributed by atoms with Gasteiger partial charge in [-0.2, -0.15) is 17.0 Å². The molecule has 16 heavy (non-hydrogen) atoms. The van der Waals surface area contributed by atoms with E-state index < -0.39 is 0 Å². The molecule has 0 saturated carbocycles. The van der Waals surface area contributed by atoms with Gasteiger partial charge in [0, 0.05) is 16.7 Å². The second-order valence-corrected chi connectivity index (χ2v) is 5.70. The number of benzene rings is 1. The lowest BCUT2D eigenvalue weighted by Gasteiger charge is -2.15. The Labute approximate surface area is 105 Å². The molecule has 0 aromatic heterocycles. The van der Waals surface area contributed by atoms with Crippen LogP contribution in [0.2, 0.25) is 0 Å². The lowest BCUT2D eigenvalue weighted by Crippen LogP contribution is -2.18. The van der Waals surface area contributed by atoms with Crippen molar-refractivity contribution in [3.05, 3.63) is 23.8 Å². The first-order valence-corrected chi connectivity index (χ1v) is 7.64. The van der Waals surface area contributed by atoms with Gasteiger partial charge in [0.25, 0.3) is 0 Å². The summed E-state index contributed by atoms with van der Waals surface area (Å²) in [4.78, 5) is 1.05. The molecule has 1 aliphatic heterocycles. The van der Waals surface area contributed by atoms with Gasteiger partial charge in [-0.15, -0.1) is 11.8 Å². The van der Waals surface area contributed by atoms with E-state index in [1.807, 2.05) is 36.2 Å². The fraction of sp³-hybridized carbons (Fsp3) is 0.417. The zero-order valence-electron chi connectivity index (χ0n) is 9.19. The minimum absolute atomic E-state index is 0.522. The molecule has 1 aromatic carbocycles. The van der Waals surface area contributed by atoms with Crippen molar-refractivity contribution in [3.8, 4) is 6.07 Å². The second kappa shape index (κ2) is 5.51. The van der Waals surface area contributed by atoms with Gasteiger partial charge >= 0.3 is 0 Å². The third-order valence-corrected chi connectivity index (χ3v) is 4.59. The third-order valence-electron chi connectivity index (χ3n) is 2.65. The molecule has 0 bridgehead atoms. The zero-order chi connectivity index (χ0) is 11.4. The average Bonchev–Trinajstić information content (AvgIpc) is 2.81. The van der Waals surface area contributed by atoms with Crippen molar-refractivity contribution in [1.82, 2.24) is 0 Å². The summed E-state index contributed by atoms with van der Waals surface area (Å²) >= 11 is 3.60. The highest BCUT2D eigenvalue weighted by Crippen LogP contribution is 2.28. The molecule has 1 unspecified atom stereocenters. The monoisotopic (exact) mass is 250 g/mol. The van der Waals surface area contributed by atoms with Gasteiger partial charge in [0.1, 0.15) is 6.07 Å². The van der Waals surface area contributed by atoms with Gasteiger partial charge in [0.05, 0.1) is 11.3 Å². The van der Waals surface area contributed by atoms with Crippen LogP contribution in [-0.4, -0.2) is 23.8 Å². The third kappa shape index (κ3) is 2.47. The number of anilines is 1. The quantitative estimate of drug-likeness (QED) is 0.836. The highest BCUT2D eigenvalue weighted by Gasteiger charge is 2.17. The average molecular weight is 250 g/mol. The maximum absolute atomic E-state index is 9.20. The topological polar surface area (TPSA) is 35.8 Å². The molecule has 2 nitrogen and oxygen atoms in total. The largest absolute Gasteiger partial charge is 0.380 e. The Morgan fingerprint density at radius 2 is 2.44 bits per heavy atom. The van der Waals surface area contributed by atoms with E-state index in [-0.39, 0.29) is 0 Å². The minimum atomic E-state index is 0.522. The minimum Gasteiger partial charge on any atom is -0.380 e. The summed E-state index contributed by atoms with van der Waals surface area (Å²) in [6.07, 6.45) is 3.20. The van der Waals surface area contributed by atoms with E-state index in [4.69, 9.17) is 0 Å². The van der Waals surface area contributed by atoms with E-state index in [2.05, 4.69) is 11.4 Å². The number of thioether (sulfide) groups is 2. The molecule has 1 aromatic rings. The zero-order valence-corrected chi connectivity index (χ0v) is 10.8. The van der Waals surface area contributed by atoms with E-state index in [1.165, 1.54) is 12.2 Å². The first kappa shape index (κ1) is 11.7. The Morgan fingerprint density at radius 3 is 3.06 bits per heavy atom. The summed E-state index contributed by atoms with van der Waals surface area (Å²) in [7, 11) is 0. The molecule has 4 heteroatoms. The molecule has 1 N–H and O–H groups in total. The maximum atomic E-state index is 9.20. The van der Waals surface area contributed by atoms with E-state index >= 15 is 0 Å². The molecule has 84 valence electrons. The normalized spacial score (nSPS) is 19.4. The van der Waals surface area contributed by atoms with Gasteiger partial charge < -0.3 is 5.32 Å². The molecular formula is C12H14N2S2. The van der Waals surface area contributed by atoms with Crippen LogP contribution in [0.25, 0.3) is 0 Å². The summed E-state index contributed by atoms with van der Waals surface area (Å²) in [5.74, 6) is 2.37. The van der Waals surface area contributed by atoms with Crippen LogP contribution in [0.5, 0.6) is 0 Å². The number of nitrogens with zero attached hydrogens (tertiary/aromatic N) is 1. The van der Waals surface area contributed by atoms with E-state index in [9.17, 15) is 5.26 Å².